The van der Waals surface area contributed by atoms with Crippen LogP contribution in [0.15, 0.2) is 67.1 Å². The van der Waals surface area contributed by atoms with Gasteiger partial charge < -0.3 is 4.90 Å². The Kier molecular flexibility index (Phi) is 3.28. The lowest BCUT2D eigenvalue weighted by atomic mass is 10.1. The summed E-state index contributed by atoms with van der Waals surface area (Å²) in [4.78, 5) is 18.6. The normalized spacial score (nSPS) is 13.4. The molecule has 0 atom stereocenters. The van der Waals surface area contributed by atoms with Crippen molar-refractivity contribution in [3.8, 4) is 11.3 Å². The van der Waals surface area contributed by atoms with Crippen molar-refractivity contribution in [2.75, 3.05) is 0 Å². The summed E-state index contributed by atoms with van der Waals surface area (Å²) in [5.41, 5.74) is 5.59. The van der Waals surface area contributed by atoms with Crippen LogP contribution in [0.3, 0.4) is 0 Å². The number of benzene rings is 1. The number of aromatic nitrogens is 4. The Bertz CT molecular complexity index is 1120. The molecule has 1 aliphatic rings. The van der Waals surface area contributed by atoms with Gasteiger partial charge in [-0.15, -0.1) is 10.2 Å². The summed E-state index contributed by atoms with van der Waals surface area (Å²) in [6, 6.07) is 17.8. The predicted octanol–water partition coefficient (Wildman–Crippen LogP) is 2.95. The second kappa shape index (κ2) is 5.77. The minimum Gasteiger partial charge on any atom is -0.328 e. The van der Waals surface area contributed by atoms with Crippen LogP contribution in [0.1, 0.15) is 21.6 Å². The number of hydrogen-bond donors (Lipinski definition) is 0. The van der Waals surface area contributed by atoms with Crippen LogP contribution < -0.4 is 0 Å². The van der Waals surface area contributed by atoms with Gasteiger partial charge in [0.2, 0.25) is 0 Å². The maximum absolute atomic E-state index is 12.5. The lowest BCUT2D eigenvalue weighted by Crippen LogP contribution is -2.23. The number of amides is 1. The Morgan fingerprint density at radius 1 is 1.00 bits per heavy atom. The van der Waals surface area contributed by atoms with Crippen molar-refractivity contribution in [2.45, 2.75) is 13.1 Å². The molecule has 26 heavy (non-hydrogen) atoms. The Morgan fingerprint density at radius 3 is 2.73 bits per heavy atom. The molecule has 0 saturated carbocycles. The third-order valence-electron chi connectivity index (χ3n) is 4.70. The van der Waals surface area contributed by atoms with E-state index in [4.69, 9.17) is 0 Å². The summed E-state index contributed by atoms with van der Waals surface area (Å²) in [6.45, 7) is 1.14. The van der Waals surface area contributed by atoms with Crippen LogP contribution >= 0.6 is 0 Å². The van der Waals surface area contributed by atoms with Gasteiger partial charge in [-0.1, -0.05) is 30.3 Å². The first kappa shape index (κ1) is 14.8. The highest BCUT2D eigenvalue weighted by atomic mass is 16.2. The maximum atomic E-state index is 12.5. The van der Waals surface area contributed by atoms with Crippen molar-refractivity contribution in [1.29, 1.82) is 0 Å². The minimum atomic E-state index is 0.0476. The number of nitrogens with zero attached hydrogens (tertiary/aromatic N) is 5. The molecule has 5 rings (SSSR count). The van der Waals surface area contributed by atoms with E-state index in [1.165, 1.54) is 0 Å². The molecule has 0 N–H and O–H groups in total. The second-order valence-electron chi connectivity index (χ2n) is 6.33. The smallest absolute Gasteiger partial charge is 0.256 e. The molecular weight excluding hydrogens is 326 g/mol. The molecule has 3 aromatic heterocycles. The molecule has 1 aliphatic heterocycles. The fraction of sp³-hybridized carbons (Fsp3) is 0.100. The molecule has 0 aliphatic carbocycles. The monoisotopic (exact) mass is 341 g/mol. The van der Waals surface area contributed by atoms with Crippen molar-refractivity contribution in [3.63, 3.8) is 0 Å². The maximum Gasteiger partial charge on any atom is 0.256 e. The lowest BCUT2D eigenvalue weighted by molar-refractivity contribution is 0.0766. The molecule has 6 nitrogen and oxygen atoms in total. The number of carbonyl (C=O) groups is 1. The van der Waals surface area contributed by atoms with E-state index in [9.17, 15) is 4.79 Å². The molecule has 0 bridgehead atoms. The first-order chi connectivity index (χ1) is 12.8. The highest BCUT2D eigenvalue weighted by Crippen LogP contribution is 2.24. The Hall–Kier alpha value is -3.54. The van der Waals surface area contributed by atoms with E-state index in [2.05, 4.69) is 39.4 Å². The largest absolute Gasteiger partial charge is 0.328 e. The molecule has 0 saturated heterocycles. The first-order valence-electron chi connectivity index (χ1n) is 8.41. The highest BCUT2D eigenvalue weighted by molar-refractivity contribution is 5.97. The van der Waals surface area contributed by atoms with Crippen LogP contribution in [0.5, 0.6) is 0 Å². The van der Waals surface area contributed by atoms with E-state index in [0.29, 0.717) is 18.7 Å². The van der Waals surface area contributed by atoms with E-state index in [1.807, 2.05) is 33.6 Å². The van der Waals surface area contributed by atoms with Crippen LogP contribution in [-0.2, 0) is 13.1 Å². The third kappa shape index (κ3) is 2.35. The summed E-state index contributed by atoms with van der Waals surface area (Å²) in [7, 11) is 0. The van der Waals surface area contributed by atoms with Gasteiger partial charge in [0.15, 0.2) is 5.65 Å². The van der Waals surface area contributed by atoms with Gasteiger partial charge in [0, 0.05) is 12.7 Å². The molecule has 0 spiro atoms. The van der Waals surface area contributed by atoms with E-state index in [0.717, 1.165) is 28.2 Å². The zero-order valence-corrected chi connectivity index (χ0v) is 13.9. The third-order valence-corrected chi connectivity index (χ3v) is 4.70. The molecule has 1 amide bonds. The molecule has 0 radical (unpaired) electrons. The fourth-order valence-electron chi connectivity index (χ4n) is 3.39. The SMILES string of the molecule is O=C1c2cccnc2CN1Cc1ccc(-c2cccc3nncn23)cc1. The minimum absolute atomic E-state index is 0.0476. The number of carbonyl (C=O) groups excluding carboxylic acids is 1. The summed E-state index contributed by atoms with van der Waals surface area (Å²) < 4.78 is 1.96. The van der Waals surface area contributed by atoms with Crippen LogP contribution in [0.4, 0.5) is 0 Å². The fourth-order valence-corrected chi connectivity index (χ4v) is 3.39. The molecule has 0 fully saturated rings. The topological polar surface area (TPSA) is 63.4 Å². The summed E-state index contributed by atoms with van der Waals surface area (Å²) in [5, 5.41) is 8.05. The Morgan fingerprint density at radius 2 is 1.88 bits per heavy atom. The molecular formula is C20H15N5O. The average Bonchev–Trinajstić information content (AvgIpc) is 3.28. The number of hydrogen-bond acceptors (Lipinski definition) is 4. The Balaban J connectivity index is 1.40. The van der Waals surface area contributed by atoms with Gasteiger partial charge >= 0.3 is 0 Å². The van der Waals surface area contributed by atoms with Gasteiger partial charge in [0.05, 0.1) is 23.5 Å². The van der Waals surface area contributed by atoms with Gasteiger partial charge in [0.25, 0.3) is 5.91 Å². The van der Waals surface area contributed by atoms with E-state index in [-0.39, 0.29) is 5.91 Å². The quantitative estimate of drug-likeness (QED) is 0.575. The van der Waals surface area contributed by atoms with Crippen molar-refractivity contribution >= 4 is 11.6 Å². The first-order valence-corrected chi connectivity index (χ1v) is 8.41. The van der Waals surface area contributed by atoms with Gasteiger partial charge in [-0.3, -0.25) is 14.2 Å². The van der Waals surface area contributed by atoms with Crippen molar-refractivity contribution in [1.82, 2.24) is 24.5 Å². The average molecular weight is 341 g/mol. The second-order valence-corrected chi connectivity index (χ2v) is 6.33. The van der Waals surface area contributed by atoms with Gasteiger partial charge in [0.1, 0.15) is 6.33 Å². The van der Waals surface area contributed by atoms with Gasteiger partial charge in [-0.2, -0.15) is 0 Å². The molecule has 1 aromatic carbocycles. The molecule has 4 heterocycles. The molecule has 0 unspecified atom stereocenters. The van der Waals surface area contributed by atoms with E-state index < -0.39 is 0 Å². The summed E-state index contributed by atoms with van der Waals surface area (Å²) in [6.07, 6.45) is 3.45. The van der Waals surface area contributed by atoms with Crippen molar-refractivity contribution in [3.05, 3.63) is 83.9 Å². The zero-order chi connectivity index (χ0) is 17.5. The molecule has 6 heteroatoms. The highest BCUT2D eigenvalue weighted by Gasteiger charge is 2.27. The predicted molar refractivity (Wildman–Crippen MR) is 96.2 cm³/mol. The van der Waals surface area contributed by atoms with Gasteiger partial charge in [-0.25, -0.2) is 0 Å². The van der Waals surface area contributed by atoms with Gasteiger partial charge in [-0.05, 0) is 35.4 Å². The van der Waals surface area contributed by atoms with Crippen molar-refractivity contribution in [2.24, 2.45) is 0 Å². The number of fused-ring (bicyclic) bond motifs is 2. The number of pyridine rings is 2. The zero-order valence-electron chi connectivity index (χ0n) is 13.9. The Labute approximate surface area is 149 Å². The molecule has 4 aromatic rings. The van der Waals surface area contributed by atoms with Crippen LogP contribution in [0.2, 0.25) is 0 Å². The lowest BCUT2D eigenvalue weighted by Gasteiger charge is -2.15. The summed E-state index contributed by atoms with van der Waals surface area (Å²) >= 11 is 0. The standard InChI is InChI=1S/C20H15N5O/c26-20-16-3-2-10-21-17(16)12-24(20)11-14-6-8-15(9-7-14)18-4-1-5-19-23-22-13-25(18)19/h1-10,13H,11-12H2. The molecule has 126 valence electrons. The summed E-state index contributed by atoms with van der Waals surface area (Å²) in [5.74, 6) is 0.0476. The van der Waals surface area contributed by atoms with Crippen LogP contribution in [0, 0.1) is 0 Å². The van der Waals surface area contributed by atoms with Crippen LogP contribution in [-0.4, -0.2) is 30.4 Å². The number of rotatable bonds is 3. The van der Waals surface area contributed by atoms with Crippen molar-refractivity contribution < 1.29 is 4.79 Å². The van der Waals surface area contributed by atoms with Crippen LogP contribution in [0.25, 0.3) is 16.9 Å². The van der Waals surface area contributed by atoms with E-state index >= 15 is 0 Å². The van der Waals surface area contributed by atoms with E-state index in [1.54, 1.807) is 18.6 Å².